The number of hydrogen-bond donors (Lipinski definition) is 2. The molecule has 0 fully saturated rings. The van der Waals surface area contributed by atoms with Crippen molar-refractivity contribution in [1.82, 2.24) is 5.32 Å². The number of benzene rings is 1. The van der Waals surface area contributed by atoms with Crippen LogP contribution in [0.1, 0.15) is 31.9 Å². The quantitative estimate of drug-likeness (QED) is 0.747. The van der Waals surface area contributed by atoms with E-state index in [0.29, 0.717) is 0 Å². The number of nitrogens with two attached hydrogens (primary N) is 1. The molecule has 0 saturated carbocycles. The molecule has 0 radical (unpaired) electrons. The summed E-state index contributed by atoms with van der Waals surface area (Å²) in [6, 6.07) is 8.54. The molecular formula is C14H18N2O4. The van der Waals surface area contributed by atoms with Gasteiger partial charge in [0.25, 0.3) is 5.91 Å². The zero-order valence-electron chi connectivity index (χ0n) is 11.5. The van der Waals surface area contributed by atoms with Crippen LogP contribution in [-0.2, 0) is 19.1 Å². The Balaban J connectivity index is 2.73. The van der Waals surface area contributed by atoms with Crippen molar-refractivity contribution in [3.8, 4) is 0 Å². The Morgan fingerprint density at radius 1 is 1.25 bits per heavy atom. The lowest BCUT2D eigenvalue weighted by Crippen LogP contribution is -2.33. The number of carbonyl (C=O) groups excluding carboxylic acids is 3. The van der Waals surface area contributed by atoms with E-state index in [4.69, 9.17) is 10.5 Å². The molecular weight excluding hydrogens is 260 g/mol. The average Bonchev–Trinajstić information content (AvgIpc) is 2.38. The van der Waals surface area contributed by atoms with Crippen LogP contribution in [0.15, 0.2) is 30.3 Å². The molecule has 2 atom stereocenters. The molecule has 1 aromatic carbocycles. The van der Waals surface area contributed by atoms with Crippen molar-refractivity contribution in [2.24, 2.45) is 5.73 Å². The van der Waals surface area contributed by atoms with Crippen LogP contribution in [0.5, 0.6) is 0 Å². The topological polar surface area (TPSA) is 98.5 Å². The highest BCUT2D eigenvalue weighted by Gasteiger charge is 2.21. The molecule has 108 valence electrons. The highest BCUT2D eigenvalue weighted by molar-refractivity contribution is 5.82. The molecule has 0 aliphatic carbocycles. The smallest absolute Gasteiger partial charge is 0.309 e. The van der Waals surface area contributed by atoms with Gasteiger partial charge in [0.1, 0.15) is 0 Å². The first-order valence-corrected chi connectivity index (χ1v) is 6.21. The molecule has 1 rings (SSSR count). The summed E-state index contributed by atoms with van der Waals surface area (Å²) >= 11 is 0. The molecule has 0 aliphatic rings. The zero-order chi connectivity index (χ0) is 15.1. The van der Waals surface area contributed by atoms with Crippen LogP contribution in [0, 0.1) is 0 Å². The van der Waals surface area contributed by atoms with E-state index in [1.165, 1.54) is 13.8 Å². The molecule has 6 nitrogen and oxygen atoms in total. The summed E-state index contributed by atoms with van der Waals surface area (Å²) in [6.07, 6.45) is -1.06. The van der Waals surface area contributed by atoms with Crippen LogP contribution >= 0.6 is 0 Å². The van der Waals surface area contributed by atoms with Gasteiger partial charge in [-0.1, -0.05) is 30.3 Å². The standard InChI is InChI=1S/C14H18N2O4/c1-9(14(15)19)20-13(18)8-12(16-10(2)17)11-6-4-3-5-7-11/h3-7,9,12H,8H2,1-2H3,(H2,15,19)(H,16,17). The Labute approximate surface area is 117 Å². The largest absolute Gasteiger partial charge is 0.452 e. The van der Waals surface area contributed by atoms with Crippen molar-refractivity contribution in [1.29, 1.82) is 0 Å². The molecule has 0 aliphatic heterocycles. The normalized spacial score (nSPS) is 13.1. The molecule has 0 heterocycles. The molecule has 0 spiro atoms. The van der Waals surface area contributed by atoms with Gasteiger partial charge in [-0.2, -0.15) is 0 Å². The van der Waals surface area contributed by atoms with Crippen LogP contribution in [0.2, 0.25) is 0 Å². The van der Waals surface area contributed by atoms with Crippen LogP contribution in [0.4, 0.5) is 0 Å². The first-order valence-electron chi connectivity index (χ1n) is 6.21. The highest BCUT2D eigenvalue weighted by Crippen LogP contribution is 2.17. The van der Waals surface area contributed by atoms with Gasteiger partial charge in [-0.15, -0.1) is 0 Å². The molecule has 2 amide bonds. The molecule has 0 aromatic heterocycles. The van der Waals surface area contributed by atoms with E-state index in [0.717, 1.165) is 5.56 Å². The number of esters is 1. The average molecular weight is 278 g/mol. The first kappa shape index (κ1) is 15.7. The van der Waals surface area contributed by atoms with Gasteiger partial charge in [0, 0.05) is 6.92 Å². The zero-order valence-corrected chi connectivity index (χ0v) is 11.5. The number of primary amides is 1. The summed E-state index contributed by atoms with van der Waals surface area (Å²) in [5.74, 6) is -1.57. The number of ether oxygens (including phenoxy) is 1. The van der Waals surface area contributed by atoms with Gasteiger partial charge in [0.05, 0.1) is 12.5 Å². The van der Waals surface area contributed by atoms with Crippen LogP contribution in [-0.4, -0.2) is 23.9 Å². The summed E-state index contributed by atoms with van der Waals surface area (Å²) in [6.45, 7) is 2.77. The Bertz CT molecular complexity index is 487. The molecule has 0 saturated heterocycles. The molecule has 20 heavy (non-hydrogen) atoms. The predicted octanol–water partition coefficient (Wildman–Crippen LogP) is 0.671. The SMILES string of the molecule is CC(=O)NC(CC(=O)OC(C)C(N)=O)c1ccccc1. The number of rotatable bonds is 6. The van der Waals surface area contributed by atoms with Crippen molar-refractivity contribution in [2.75, 3.05) is 0 Å². The van der Waals surface area contributed by atoms with Crippen LogP contribution in [0.3, 0.4) is 0 Å². The third-order valence-electron chi connectivity index (χ3n) is 2.66. The van der Waals surface area contributed by atoms with Gasteiger partial charge in [-0.05, 0) is 12.5 Å². The minimum Gasteiger partial charge on any atom is -0.452 e. The van der Waals surface area contributed by atoms with Gasteiger partial charge in [0.2, 0.25) is 5.91 Å². The van der Waals surface area contributed by atoms with E-state index in [1.54, 1.807) is 12.1 Å². The Kier molecular flexibility index (Phi) is 5.71. The lowest BCUT2D eigenvalue weighted by Gasteiger charge is -2.18. The summed E-state index contributed by atoms with van der Waals surface area (Å²) < 4.78 is 4.88. The predicted molar refractivity (Wildman–Crippen MR) is 72.4 cm³/mol. The Hall–Kier alpha value is -2.37. The van der Waals surface area contributed by atoms with Gasteiger partial charge >= 0.3 is 5.97 Å². The number of amides is 2. The van der Waals surface area contributed by atoms with Gasteiger partial charge in [-0.3, -0.25) is 14.4 Å². The van der Waals surface area contributed by atoms with E-state index in [9.17, 15) is 14.4 Å². The maximum absolute atomic E-state index is 11.7. The summed E-state index contributed by atoms with van der Waals surface area (Å²) in [7, 11) is 0. The first-order chi connectivity index (χ1) is 9.40. The Morgan fingerprint density at radius 3 is 2.35 bits per heavy atom. The number of carbonyl (C=O) groups is 3. The maximum Gasteiger partial charge on any atom is 0.309 e. The maximum atomic E-state index is 11.7. The van der Waals surface area contributed by atoms with E-state index in [1.807, 2.05) is 18.2 Å². The molecule has 3 N–H and O–H groups in total. The van der Waals surface area contributed by atoms with E-state index in [-0.39, 0.29) is 12.3 Å². The fraction of sp³-hybridized carbons (Fsp3) is 0.357. The van der Waals surface area contributed by atoms with Crippen molar-refractivity contribution in [3.05, 3.63) is 35.9 Å². The van der Waals surface area contributed by atoms with Gasteiger partial charge in [-0.25, -0.2) is 0 Å². The molecule has 0 bridgehead atoms. The highest BCUT2D eigenvalue weighted by atomic mass is 16.5. The van der Waals surface area contributed by atoms with Crippen molar-refractivity contribution >= 4 is 17.8 Å². The molecule has 1 aromatic rings. The lowest BCUT2D eigenvalue weighted by atomic mass is 10.0. The summed E-state index contributed by atoms with van der Waals surface area (Å²) in [4.78, 5) is 33.8. The second-order valence-electron chi connectivity index (χ2n) is 4.40. The number of hydrogen-bond acceptors (Lipinski definition) is 4. The van der Waals surface area contributed by atoms with E-state index in [2.05, 4.69) is 5.32 Å². The fourth-order valence-corrected chi connectivity index (χ4v) is 1.65. The van der Waals surface area contributed by atoms with Crippen molar-refractivity contribution in [2.45, 2.75) is 32.4 Å². The second kappa shape index (κ2) is 7.28. The van der Waals surface area contributed by atoms with E-state index >= 15 is 0 Å². The summed E-state index contributed by atoms with van der Waals surface area (Å²) in [5, 5.41) is 2.67. The fourth-order valence-electron chi connectivity index (χ4n) is 1.65. The van der Waals surface area contributed by atoms with Crippen LogP contribution < -0.4 is 11.1 Å². The molecule has 6 heteroatoms. The van der Waals surface area contributed by atoms with Crippen molar-refractivity contribution in [3.63, 3.8) is 0 Å². The van der Waals surface area contributed by atoms with Gasteiger partial charge < -0.3 is 15.8 Å². The Morgan fingerprint density at radius 2 is 1.85 bits per heavy atom. The minimum absolute atomic E-state index is 0.0682. The number of nitrogens with one attached hydrogen (secondary N) is 1. The third-order valence-corrected chi connectivity index (χ3v) is 2.66. The molecule has 2 unspecified atom stereocenters. The summed E-state index contributed by atoms with van der Waals surface area (Å²) in [5.41, 5.74) is 5.80. The third kappa shape index (κ3) is 5.09. The minimum atomic E-state index is -0.990. The van der Waals surface area contributed by atoms with Crippen molar-refractivity contribution < 1.29 is 19.1 Å². The van der Waals surface area contributed by atoms with E-state index < -0.39 is 24.0 Å². The lowest BCUT2D eigenvalue weighted by molar-refractivity contribution is -0.154. The second-order valence-corrected chi connectivity index (χ2v) is 4.40. The van der Waals surface area contributed by atoms with Crippen LogP contribution in [0.25, 0.3) is 0 Å². The monoisotopic (exact) mass is 278 g/mol. The van der Waals surface area contributed by atoms with Gasteiger partial charge in [0.15, 0.2) is 6.10 Å².